The molecule has 0 aliphatic heterocycles. The Morgan fingerprint density at radius 1 is 1.07 bits per heavy atom. The maximum atomic E-state index is 11.4. The number of sulfonamides is 1. The number of rotatable bonds is 10. The number of halogens is 1. The molecule has 15 heavy (non-hydrogen) atoms. The van der Waals surface area contributed by atoms with Gasteiger partial charge in [0.15, 0.2) is 0 Å². The molecule has 92 valence electrons. The van der Waals surface area contributed by atoms with Crippen molar-refractivity contribution in [2.75, 3.05) is 16.7 Å². The first-order valence-electron chi connectivity index (χ1n) is 5.65. The van der Waals surface area contributed by atoms with Crippen LogP contribution in [0.25, 0.3) is 0 Å². The van der Waals surface area contributed by atoms with Gasteiger partial charge in [-0.2, -0.15) is 0 Å². The van der Waals surface area contributed by atoms with Crippen LogP contribution in [0.5, 0.6) is 0 Å². The zero-order valence-electron chi connectivity index (χ0n) is 9.47. The fraction of sp³-hybridized carbons (Fsp3) is 1.00. The van der Waals surface area contributed by atoms with Crippen LogP contribution >= 0.6 is 22.6 Å². The minimum atomic E-state index is -2.99. The highest BCUT2D eigenvalue weighted by atomic mass is 127. The van der Waals surface area contributed by atoms with Crippen molar-refractivity contribution in [2.24, 2.45) is 0 Å². The van der Waals surface area contributed by atoms with E-state index in [9.17, 15) is 8.42 Å². The van der Waals surface area contributed by atoms with Crippen molar-refractivity contribution in [1.29, 1.82) is 0 Å². The van der Waals surface area contributed by atoms with Gasteiger partial charge in [0.25, 0.3) is 0 Å². The third kappa shape index (κ3) is 10.9. The molecular formula is C10H22INO2S. The molecule has 0 aliphatic carbocycles. The monoisotopic (exact) mass is 347 g/mol. The van der Waals surface area contributed by atoms with Gasteiger partial charge in [-0.15, -0.1) is 0 Å². The maximum absolute atomic E-state index is 11.4. The molecule has 3 nitrogen and oxygen atoms in total. The van der Waals surface area contributed by atoms with Gasteiger partial charge in [-0.3, -0.25) is 0 Å². The number of alkyl halides is 1. The van der Waals surface area contributed by atoms with Crippen molar-refractivity contribution in [1.82, 2.24) is 4.72 Å². The van der Waals surface area contributed by atoms with E-state index in [0.29, 0.717) is 6.54 Å². The molecule has 1 N–H and O–H groups in total. The summed E-state index contributed by atoms with van der Waals surface area (Å²) in [5, 5.41) is 0. The van der Waals surface area contributed by atoms with Crippen LogP contribution in [-0.2, 0) is 10.0 Å². The Morgan fingerprint density at radius 3 is 2.33 bits per heavy atom. The number of nitrogens with one attached hydrogen (secondary N) is 1. The first kappa shape index (κ1) is 15.6. The fourth-order valence-electron chi connectivity index (χ4n) is 1.21. The van der Waals surface area contributed by atoms with Crippen LogP contribution in [0.2, 0.25) is 0 Å². The smallest absolute Gasteiger partial charge is 0.211 e. The molecule has 0 heterocycles. The predicted octanol–water partition coefficient (Wildman–Crippen LogP) is 2.70. The SMILES string of the molecule is CCCCS(=O)(=O)NCCCCCCI. The van der Waals surface area contributed by atoms with Gasteiger partial charge in [0.05, 0.1) is 5.75 Å². The first-order chi connectivity index (χ1) is 7.12. The average molecular weight is 347 g/mol. The van der Waals surface area contributed by atoms with E-state index >= 15 is 0 Å². The zero-order valence-corrected chi connectivity index (χ0v) is 12.4. The second kappa shape index (κ2) is 9.84. The molecule has 0 aliphatic rings. The van der Waals surface area contributed by atoms with Gasteiger partial charge in [0.2, 0.25) is 10.0 Å². The van der Waals surface area contributed by atoms with E-state index in [4.69, 9.17) is 0 Å². The van der Waals surface area contributed by atoms with E-state index in [1.807, 2.05) is 6.92 Å². The van der Waals surface area contributed by atoms with Crippen LogP contribution in [0, 0.1) is 0 Å². The molecule has 0 radical (unpaired) electrons. The van der Waals surface area contributed by atoms with Crippen molar-refractivity contribution in [3.63, 3.8) is 0 Å². The first-order valence-corrected chi connectivity index (χ1v) is 8.83. The fourth-order valence-corrected chi connectivity index (χ4v) is 3.02. The lowest BCUT2D eigenvalue weighted by atomic mass is 10.2. The van der Waals surface area contributed by atoms with E-state index in [2.05, 4.69) is 27.3 Å². The quantitative estimate of drug-likeness (QED) is 0.375. The zero-order chi connectivity index (χ0) is 11.6. The molecule has 0 unspecified atom stereocenters. The van der Waals surface area contributed by atoms with E-state index < -0.39 is 10.0 Å². The molecule has 0 fully saturated rings. The standard InChI is InChI=1S/C10H22INO2S/c1-2-3-10-15(13,14)12-9-7-5-4-6-8-11/h12H,2-10H2,1H3. The van der Waals surface area contributed by atoms with Crippen LogP contribution in [-0.4, -0.2) is 25.1 Å². The summed E-state index contributed by atoms with van der Waals surface area (Å²) < 4.78 is 26.6. The highest BCUT2D eigenvalue weighted by Crippen LogP contribution is 2.02. The predicted molar refractivity (Wildman–Crippen MR) is 74.1 cm³/mol. The van der Waals surface area contributed by atoms with Gasteiger partial charge >= 0.3 is 0 Å². The highest BCUT2D eigenvalue weighted by molar-refractivity contribution is 14.1. The Hall–Kier alpha value is 0.640. The third-order valence-corrected chi connectivity index (χ3v) is 4.38. The Morgan fingerprint density at radius 2 is 1.73 bits per heavy atom. The van der Waals surface area contributed by atoms with Crippen molar-refractivity contribution in [2.45, 2.75) is 45.4 Å². The van der Waals surface area contributed by atoms with Crippen LogP contribution < -0.4 is 4.72 Å². The van der Waals surface area contributed by atoms with Crippen molar-refractivity contribution >= 4 is 32.6 Å². The minimum Gasteiger partial charge on any atom is -0.215 e. The van der Waals surface area contributed by atoms with Crippen LogP contribution in [0.4, 0.5) is 0 Å². The van der Waals surface area contributed by atoms with E-state index in [0.717, 1.165) is 25.7 Å². The van der Waals surface area contributed by atoms with Gasteiger partial charge in [-0.1, -0.05) is 48.8 Å². The molecule has 0 saturated heterocycles. The van der Waals surface area contributed by atoms with Crippen LogP contribution in [0.1, 0.15) is 45.4 Å². The molecule has 0 saturated carbocycles. The Balaban J connectivity index is 3.41. The largest absolute Gasteiger partial charge is 0.215 e. The molecule has 5 heteroatoms. The third-order valence-electron chi connectivity index (χ3n) is 2.15. The summed E-state index contributed by atoms with van der Waals surface area (Å²) >= 11 is 2.36. The summed E-state index contributed by atoms with van der Waals surface area (Å²) in [6.45, 7) is 2.60. The summed E-state index contributed by atoms with van der Waals surface area (Å²) in [6.07, 6.45) is 6.21. The lowest BCUT2D eigenvalue weighted by Gasteiger charge is -2.05. The number of hydrogen-bond donors (Lipinski definition) is 1. The van der Waals surface area contributed by atoms with Crippen molar-refractivity contribution in [3.8, 4) is 0 Å². The lowest BCUT2D eigenvalue weighted by Crippen LogP contribution is -2.27. The van der Waals surface area contributed by atoms with Gasteiger partial charge in [-0.25, -0.2) is 13.1 Å². The average Bonchev–Trinajstić information content (AvgIpc) is 2.20. The van der Waals surface area contributed by atoms with Gasteiger partial charge in [0, 0.05) is 6.54 Å². The molecule has 0 rings (SSSR count). The van der Waals surface area contributed by atoms with Gasteiger partial charge in [0.1, 0.15) is 0 Å². The summed E-state index contributed by atoms with van der Waals surface area (Å²) in [5.74, 6) is 0.275. The molecular weight excluding hydrogens is 325 g/mol. The Kier molecular flexibility index (Phi) is 10.3. The summed E-state index contributed by atoms with van der Waals surface area (Å²) in [4.78, 5) is 0. The van der Waals surface area contributed by atoms with E-state index in [-0.39, 0.29) is 5.75 Å². The van der Waals surface area contributed by atoms with Crippen molar-refractivity contribution in [3.05, 3.63) is 0 Å². The minimum absolute atomic E-state index is 0.275. The molecule has 0 aromatic heterocycles. The topological polar surface area (TPSA) is 46.2 Å². The second-order valence-electron chi connectivity index (χ2n) is 3.67. The molecule has 0 amide bonds. The molecule has 0 atom stereocenters. The van der Waals surface area contributed by atoms with Crippen LogP contribution in [0.3, 0.4) is 0 Å². The maximum Gasteiger partial charge on any atom is 0.211 e. The van der Waals surface area contributed by atoms with Gasteiger partial charge < -0.3 is 0 Å². The van der Waals surface area contributed by atoms with E-state index in [1.54, 1.807) is 0 Å². The summed E-state index contributed by atoms with van der Waals surface area (Å²) in [6, 6.07) is 0. The van der Waals surface area contributed by atoms with E-state index in [1.165, 1.54) is 17.3 Å². The molecule has 0 bridgehead atoms. The van der Waals surface area contributed by atoms with Crippen LogP contribution in [0.15, 0.2) is 0 Å². The van der Waals surface area contributed by atoms with Gasteiger partial charge in [-0.05, 0) is 23.7 Å². The summed E-state index contributed by atoms with van der Waals surface area (Å²) in [5.41, 5.74) is 0. The van der Waals surface area contributed by atoms with Crippen molar-refractivity contribution < 1.29 is 8.42 Å². The normalized spacial score (nSPS) is 11.9. The number of hydrogen-bond acceptors (Lipinski definition) is 2. The second-order valence-corrected chi connectivity index (χ2v) is 6.68. The Bertz CT molecular complexity index is 230. The Labute approximate surface area is 108 Å². The number of unbranched alkanes of at least 4 members (excludes halogenated alkanes) is 4. The molecule has 0 spiro atoms. The summed E-state index contributed by atoms with van der Waals surface area (Å²) in [7, 11) is -2.99. The molecule has 0 aromatic carbocycles. The highest BCUT2D eigenvalue weighted by Gasteiger charge is 2.07. The lowest BCUT2D eigenvalue weighted by molar-refractivity contribution is 0.571. The molecule has 0 aromatic rings.